The molecule has 1 aromatic heterocycles. The number of ether oxygens (including phenoxy) is 1. The molecule has 1 aromatic rings. The first-order valence-corrected chi connectivity index (χ1v) is 3.78. The van der Waals surface area contributed by atoms with Crippen molar-refractivity contribution in [1.29, 1.82) is 0 Å². The maximum Gasteiger partial charge on any atom is 0.573 e. The first-order valence-electron chi connectivity index (χ1n) is 2.99. The summed E-state index contributed by atoms with van der Waals surface area (Å²) in [5, 5.41) is 8.80. The molecule has 0 aliphatic carbocycles. The van der Waals surface area contributed by atoms with Crippen LogP contribution in [0, 0.1) is 0 Å². The second-order valence-electron chi connectivity index (χ2n) is 2.03. The van der Waals surface area contributed by atoms with E-state index in [1.165, 1.54) is 0 Å². The van der Waals surface area contributed by atoms with E-state index in [2.05, 4.69) is 25.7 Å². The molecule has 0 aliphatic heterocycles. The molecule has 0 fully saturated rings. The zero-order valence-corrected chi connectivity index (χ0v) is 7.56. The highest BCUT2D eigenvalue weighted by Gasteiger charge is 2.32. The van der Waals surface area contributed by atoms with Crippen molar-refractivity contribution in [3.05, 3.63) is 16.9 Å². The summed E-state index contributed by atoms with van der Waals surface area (Å²) in [4.78, 5) is 3.40. The van der Waals surface area contributed by atoms with E-state index in [4.69, 9.17) is 5.11 Å². The lowest BCUT2D eigenvalue weighted by molar-refractivity contribution is -0.275. The lowest BCUT2D eigenvalue weighted by Crippen LogP contribution is -2.17. The molecule has 0 saturated carbocycles. The van der Waals surface area contributed by atoms with Gasteiger partial charge in [-0.05, 0) is 15.9 Å². The highest BCUT2D eigenvalue weighted by molar-refractivity contribution is 9.10. The van der Waals surface area contributed by atoms with Crippen molar-refractivity contribution in [2.45, 2.75) is 6.36 Å². The Morgan fingerprint density at radius 1 is 1.46 bits per heavy atom. The smallest absolute Gasteiger partial charge is 0.506 e. The van der Waals surface area contributed by atoms with Crippen LogP contribution in [0.1, 0.15) is 0 Å². The van der Waals surface area contributed by atoms with Crippen LogP contribution in [0.2, 0.25) is 0 Å². The third-order valence-corrected chi connectivity index (χ3v) is 1.61. The molecule has 1 rings (SSSR count). The minimum absolute atomic E-state index is 0.123. The number of hydrogen-bond donors (Lipinski definition) is 1. The van der Waals surface area contributed by atoms with Gasteiger partial charge in [0.1, 0.15) is 10.4 Å². The van der Waals surface area contributed by atoms with Gasteiger partial charge in [0.2, 0.25) is 0 Å². The third-order valence-electron chi connectivity index (χ3n) is 1.02. The van der Waals surface area contributed by atoms with Gasteiger partial charge in [0, 0.05) is 6.07 Å². The molecule has 72 valence electrons. The Morgan fingerprint density at radius 2 is 2.08 bits per heavy atom. The molecule has 3 nitrogen and oxygen atoms in total. The van der Waals surface area contributed by atoms with Crippen LogP contribution in [0.4, 0.5) is 13.2 Å². The summed E-state index contributed by atoms with van der Waals surface area (Å²) in [6, 6.07) is 0.810. The fourth-order valence-corrected chi connectivity index (χ4v) is 0.912. The van der Waals surface area contributed by atoms with Crippen LogP contribution in [-0.4, -0.2) is 16.5 Å². The number of alkyl halides is 3. The van der Waals surface area contributed by atoms with E-state index in [1.54, 1.807) is 0 Å². The SMILES string of the molecule is Oc1cnc(Br)c(OC(F)(F)F)c1. The fourth-order valence-electron chi connectivity index (χ4n) is 0.614. The van der Waals surface area contributed by atoms with E-state index < -0.39 is 17.9 Å². The molecule has 0 aromatic carbocycles. The third kappa shape index (κ3) is 3.10. The molecule has 1 N–H and O–H groups in total. The molecule has 0 unspecified atom stereocenters. The van der Waals surface area contributed by atoms with Crippen molar-refractivity contribution in [3.63, 3.8) is 0 Å². The van der Waals surface area contributed by atoms with Gasteiger partial charge in [-0.2, -0.15) is 0 Å². The zero-order valence-electron chi connectivity index (χ0n) is 5.97. The molecule has 0 atom stereocenters. The maximum absolute atomic E-state index is 11.7. The monoisotopic (exact) mass is 257 g/mol. The molecule has 0 bridgehead atoms. The van der Waals surface area contributed by atoms with E-state index >= 15 is 0 Å². The van der Waals surface area contributed by atoms with Crippen LogP contribution >= 0.6 is 15.9 Å². The number of pyridine rings is 1. The van der Waals surface area contributed by atoms with Crippen LogP contribution in [0.15, 0.2) is 16.9 Å². The Bertz CT molecular complexity index is 315. The molecule has 0 saturated heterocycles. The van der Waals surface area contributed by atoms with Crippen molar-refractivity contribution in [2.75, 3.05) is 0 Å². The molecular formula is C6H3BrF3NO2. The van der Waals surface area contributed by atoms with Crippen molar-refractivity contribution in [1.82, 2.24) is 4.98 Å². The van der Waals surface area contributed by atoms with E-state index in [0.717, 1.165) is 12.3 Å². The van der Waals surface area contributed by atoms with Crippen LogP contribution in [0.3, 0.4) is 0 Å². The van der Waals surface area contributed by atoms with Crippen LogP contribution < -0.4 is 4.74 Å². The number of nitrogens with zero attached hydrogens (tertiary/aromatic N) is 1. The van der Waals surface area contributed by atoms with Crippen molar-refractivity contribution >= 4 is 15.9 Å². The number of halogens is 4. The number of rotatable bonds is 1. The van der Waals surface area contributed by atoms with Gasteiger partial charge in [0.25, 0.3) is 0 Å². The van der Waals surface area contributed by atoms with Crippen LogP contribution in [0.25, 0.3) is 0 Å². The Labute approximate surface area is 79.3 Å². The summed E-state index contributed by atoms with van der Waals surface area (Å²) in [5.41, 5.74) is 0. The minimum Gasteiger partial charge on any atom is -0.506 e. The summed E-state index contributed by atoms with van der Waals surface area (Å²) in [6.07, 6.45) is -3.80. The first-order chi connectivity index (χ1) is 5.88. The minimum atomic E-state index is -4.79. The van der Waals surface area contributed by atoms with E-state index in [9.17, 15) is 13.2 Å². The summed E-state index contributed by atoms with van der Waals surface area (Å²) in [5.74, 6) is -0.977. The van der Waals surface area contributed by atoms with Gasteiger partial charge in [-0.3, -0.25) is 0 Å². The summed E-state index contributed by atoms with van der Waals surface area (Å²) in [6.45, 7) is 0. The van der Waals surface area contributed by atoms with Crippen LogP contribution in [0.5, 0.6) is 11.5 Å². The van der Waals surface area contributed by atoms with Gasteiger partial charge < -0.3 is 9.84 Å². The highest BCUT2D eigenvalue weighted by Crippen LogP contribution is 2.30. The van der Waals surface area contributed by atoms with Gasteiger partial charge in [-0.15, -0.1) is 13.2 Å². The first kappa shape index (κ1) is 10.1. The second-order valence-corrected chi connectivity index (χ2v) is 2.78. The van der Waals surface area contributed by atoms with Gasteiger partial charge in [0.15, 0.2) is 5.75 Å². The Hall–Kier alpha value is -0.980. The van der Waals surface area contributed by atoms with Gasteiger partial charge in [0.05, 0.1) is 6.20 Å². The Balaban J connectivity index is 2.94. The maximum atomic E-state index is 11.7. The average molecular weight is 258 g/mol. The van der Waals surface area contributed by atoms with E-state index in [0.29, 0.717) is 0 Å². The van der Waals surface area contributed by atoms with Gasteiger partial charge in [-0.1, -0.05) is 0 Å². The molecule has 1 heterocycles. The predicted octanol–water partition coefficient (Wildman–Crippen LogP) is 2.45. The molecule has 13 heavy (non-hydrogen) atoms. The van der Waals surface area contributed by atoms with Crippen molar-refractivity contribution in [3.8, 4) is 11.5 Å². The fraction of sp³-hybridized carbons (Fsp3) is 0.167. The standard InChI is InChI=1S/C6H3BrF3NO2/c7-5-4(13-6(8,9)10)1-3(12)2-11-5/h1-2,12H. The topological polar surface area (TPSA) is 42.4 Å². The lowest BCUT2D eigenvalue weighted by atomic mass is 10.4. The number of aromatic hydroxyl groups is 1. The average Bonchev–Trinajstić information content (AvgIpc) is 1.94. The molecule has 7 heteroatoms. The molecule has 0 aliphatic rings. The van der Waals surface area contributed by atoms with Gasteiger partial charge in [-0.25, -0.2) is 4.98 Å². The quantitative estimate of drug-likeness (QED) is 0.786. The summed E-state index contributed by atoms with van der Waals surface area (Å²) < 4.78 is 38.5. The van der Waals surface area contributed by atoms with Crippen molar-refractivity contribution < 1.29 is 23.0 Å². The van der Waals surface area contributed by atoms with E-state index in [1.807, 2.05) is 0 Å². The molecular weight excluding hydrogens is 255 g/mol. The van der Waals surface area contributed by atoms with Crippen LogP contribution in [-0.2, 0) is 0 Å². The summed E-state index contributed by atoms with van der Waals surface area (Å²) >= 11 is 2.74. The summed E-state index contributed by atoms with van der Waals surface area (Å²) in [7, 11) is 0. The van der Waals surface area contributed by atoms with Gasteiger partial charge >= 0.3 is 6.36 Å². The number of aromatic nitrogens is 1. The molecule has 0 spiro atoms. The predicted molar refractivity (Wildman–Crippen MR) is 40.3 cm³/mol. The lowest BCUT2D eigenvalue weighted by Gasteiger charge is -2.09. The zero-order chi connectivity index (χ0) is 10.1. The highest BCUT2D eigenvalue weighted by atomic mass is 79.9. The molecule has 0 amide bonds. The normalized spacial score (nSPS) is 11.4. The molecule has 0 radical (unpaired) electrons. The van der Waals surface area contributed by atoms with E-state index in [-0.39, 0.29) is 4.60 Å². The Kier molecular flexibility index (Phi) is 2.65. The Morgan fingerprint density at radius 3 is 2.62 bits per heavy atom. The largest absolute Gasteiger partial charge is 0.573 e. The second kappa shape index (κ2) is 3.41. The number of hydrogen-bond acceptors (Lipinski definition) is 3. The van der Waals surface area contributed by atoms with Crippen molar-refractivity contribution in [2.24, 2.45) is 0 Å².